The maximum absolute atomic E-state index is 11.2. The Labute approximate surface area is 81.9 Å². The molecule has 0 rings (SSSR count). The van der Waals surface area contributed by atoms with Gasteiger partial charge in [-0.3, -0.25) is 4.79 Å². The molecule has 2 N–H and O–H groups in total. The van der Waals surface area contributed by atoms with Crippen molar-refractivity contribution in [1.29, 1.82) is 0 Å². The molecule has 66 valence electrons. The van der Waals surface area contributed by atoms with Crippen LogP contribution >= 0.6 is 35.1 Å². The van der Waals surface area contributed by atoms with Crippen LogP contribution in [0.15, 0.2) is 0 Å². The summed E-state index contributed by atoms with van der Waals surface area (Å²) in [6.07, 6.45) is 0.640. The average Bonchev–Trinajstić information content (AvgIpc) is 2.02. The maximum Gasteiger partial charge on any atom is 0.163 e. The van der Waals surface area contributed by atoms with Crippen LogP contribution in [-0.2, 0) is 4.79 Å². The lowest BCUT2D eigenvalue weighted by atomic mass is 10.1. The Morgan fingerprint density at radius 2 is 2.27 bits per heavy atom. The van der Waals surface area contributed by atoms with Gasteiger partial charge >= 0.3 is 0 Å². The van der Waals surface area contributed by atoms with E-state index in [4.69, 9.17) is 5.73 Å². The quantitative estimate of drug-likeness (QED) is 0.472. The van der Waals surface area contributed by atoms with E-state index in [9.17, 15) is 4.79 Å². The summed E-state index contributed by atoms with van der Waals surface area (Å²) >= 11 is 7.93. The summed E-state index contributed by atoms with van der Waals surface area (Å²) in [5.41, 5.74) is 5.56. The van der Waals surface area contributed by atoms with Gasteiger partial charge in [0.25, 0.3) is 0 Å². The van der Waals surface area contributed by atoms with E-state index in [1.54, 1.807) is 6.92 Å². The lowest BCUT2D eigenvalue weighted by Gasteiger charge is -2.12. The second-order valence-electron chi connectivity index (χ2n) is 2.27. The number of ketones is 1. The summed E-state index contributed by atoms with van der Waals surface area (Å²) in [4.78, 5) is 11.2. The predicted octanol–water partition coefficient (Wildman–Crippen LogP) is 1.17. The minimum atomic E-state index is -0.373. The highest BCUT2D eigenvalue weighted by atomic mass is 33.1. The molecule has 0 saturated carbocycles. The summed E-state index contributed by atoms with van der Waals surface area (Å²) in [6, 6.07) is -0.373. The third kappa shape index (κ3) is 4.30. The molecule has 1 unspecified atom stereocenters. The van der Waals surface area contributed by atoms with E-state index in [0.29, 0.717) is 12.2 Å². The first-order chi connectivity index (χ1) is 5.13. The largest absolute Gasteiger partial charge is 0.321 e. The van der Waals surface area contributed by atoms with E-state index >= 15 is 0 Å². The molecule has 0 radical (unpaired) electrons. The fraction of sp³-hybridized carbons (Fsp3) is 0.833. The molecule has 0 aromatic heterocycles. The highest BCUT2D eigenvalue weighted by Gasteiger charge is 2.18. The maximum atomic E-state index is 11.2. The van der Waals surface area contributed by atoms with Crippen LogP contribution in [0.5, 0.6) is 0 Å². The standard InChI is InChI=1S/C6H13NOS3/c1-4(11-10)6(8)5(7)2-3-9/h4-5,9-10H,2-3,7H2,1H3/t4?,5-/m1/s1. The van der Waals surface area contributed by atoms with Crippen LogP contribution < -0.4 is 5.73 Å². The van der Waals surface area contributed by atoms with Crippen molar-refractivity contribution < 1.29 is 4.79 Å². The van der Waals surface area contributed by atoms with Crippen LogP contribution in [0.3, 0.4) is 0 Å². The van der Waals surface area contributed by atoms with Crippen molar-refractivity contribution in [2.24, 2.45) is 5.73 Å². The second kappa shape index (κ2) is 6.22. The van der Waals surface area contributed by atoms with E-state index in [-0.39, 0.29) is 17.1 Å². The number of carbonyl (C=O) groups excluding carboxylic acids is 1. The Morgan fingerprint density at radius 1 is 1.73 bits per heavy atom. The molecule has 0 amide bonds. The van der Waals surface area contributed by atoms with Crippen LogP contribution in [0.4, 0.5) is 0 Å². The highest BCUT2D eigenvalue weighted by Crippen LogP contribution is 2.16. The zero-order valence-electron chi connectivity index (χ0n) is 6.36. The number of thiol groups is 2. The third-order valence-corrected chi connectivity index (χ3v) is 3.12. The normalized spacial score (nSPS) is 16.0. The SMILES string of the molecule is CC(SS)C(=O)[C@H](N)CCS. The van der Waals surface area contributed by atoms with Crippen LogP contribution in [0.25, 0.3) is 0 Å². The van der Waals surface area contributed by atoms with Gasteiger partial charge in [0.05, 0.1) is 11.3 Å². The summed E-state index contributed by atoms with van der Waals surface area (Å²) in [7, 11) is 1.23. The molecule has 0 heterocycles. The lowest BCUT2D eigenvalue weighted by molar-refractivity contribution is -0.119. The van der Waals surface area contributed by atoms with Gasteiger partial charge in [-0.2, -0.15) is 12.6 Å². The molecule has 0 bridgehead atoms. The van der Waals surface area contributed by atoms with Gasteiger partial charge in [-0.25, -0.2) is 0 Å². The summed E-state index contributed by atoms with van der Waals surface area (Å²) in [6.45, 7) is 1.80. The summed E-state index contributed by atoms with van der Waals surface area (Å²) < 4.78 is 0. The number of rotatable bonds is 5. The third-order valence-electron chi connectivity index (χ3n) is 1.36. The molecule has 0 spiro atoms. The molecule has 0 aromatic carbocycles. The topological polar surface area (TPSA) is 43.1 Å². The van der Waals surface area contributed by atoms with Crippen molar-refractivity contribution in [2.75, 3.05) is 5.75 Å². The number of carbonyl (C=O) groups is 1. The molecule has 0 aliphatic carbocycles. The molecule has 2 nitrogen and oxygen atoms in total. The van der Waals surface area contributed by atoms with Gasteiger partial charge in [-0.1, -0.05) is 10.8 Å². The van der Waals surface area contributed by atoms with Crippen molar-refractivity contribution in [3.05, 3.63) is 0 Å². The van der Waals surface area contributed by atoms with Gasteiger partial charge in [0.1, 0.15) is 0 Å². The Balaban J connectivity index is 3.81. The van der Waals surface area contributed by atoms with Gasteiger partial charge in [0, 0.05) is 0 Å². The van der Waals surface area contributed by atoms with Crippen LogP contribution in [-0.4, -0.2) is 22.8 Å². The highest BCUT2D eigenvalue weighted by molar-refractivity contribution is 8.69. The van der Waals surface area contributed by atoms with E-state index in [1.807, 2.05) is 0 Å². The number of Topliss-reactive ketones (excluding diaryl/α,β-unsaturated/α-hetero) is 1. The van der Waals surface area contributed by atoms with Gasteiger partial charge in [0.2, 0.25) is 0 Å². The van der Waals surface area contributed by atoms with Crippen molar-refractivity contribution in [2.45, 2.75) is 24.6 Å². The Morgan fingerprint density at radius 3 is 2.64 bits per heavy atom. The first-order valence-electron chi connectivity index (χ1n) is 3.33. The van der Waals surface area contributed by atoms with E-state index in [1.165, 1.54) is 10.8 Å². The van der Waals surface area contributed by atoms with Crippen molar-refractivity contribution in [3.63, 3.8) is 0 Å². The number of nitrogens with two attached hydrogens (primary N) is 1. The van der Waals surface area contributed by atoms with Gasteiger partial charge < -0.3 is 5.73 Å². The molecular formula is C6H13NOS3. The van der Waals surface area contributed by atoms with Crippen molar-refractivity contribution >= 4 is 40.9 Å². The first-order valence-corrected chi connectivity index (χ1v) is 5.90. The van der Waals surface area contributed by atoms with E-state index in [0.717, 1.165) is 0 Å². The van der Waals surface area contributed by atoms with Crippen molar-refractivity contribution in [1.82, 2.24) is 0 Å². The molecule has 5 heteroatoms. The fourth-order valence-electron chi connectivity index (χ4n) is 0.635. The van der Waals surface area contributed by atoms with E-state index in [2.05, 4.69) is 24.3 Å². The molecule has 0 fully saturated rings. The fourth-order valence-corrected chi connectivity index (χ4v) is 1.50. The number of hydrogen-bond donors (Lipinski definition) is 3. The number of hydrogen-bond acceptors (Lipinski definition) is 5. The monoisotopic (exact) mass is 211 g/mol. The smallest absolute Gasteiger partial charge is 0.163 e. The minimum Gasteiger partial charge on any atom is -0.321 e. The van der Waals surface area contributed by atoms with Crippen LogP contribution in [0, 0.1) is 0 Å². The Kier molecular flexibility index (Phi) is 6.61. The van der Waals surface area contributed by atoms with Gasteiger partial charge in [-0.15, -0.1) is 11.7 Å². The van der Waals surface area contributed by atoms with Gasteiger partial charge in [-0.05, 0) is 19.1 Å². The lowest BCUT2D eigenvalue weighted by Crippen LogP contribution is -2.35. The molecule has 0 aliphatic heterocycles. The first kappa shape index (κ1) is 11.7. The zero-order chi connectivity index (χ0) is 8.85. The second-order valence-corrected chi connectivity index (χ2v) is 4.27. The molecule has 0 saturated heterocycles. The summed E-state index contributed by atoms with van der Waals surface area (Å²) in [5, 5.41) is -0.117. The summed E-state index contributed by atoms with van der Waals surface area (Å²) in [5.74, 6) is 0.704. The van der Waals surface area contributed by atoms with Crippen LogP contribution in [0.2, 0.25) is 0 Å². The minimum absolute atomic E-state index is 0.0547. The van der Waals surface area contributed by atoms with Gasteiger partial charge in [0.15, 0.2) is 5.78 Å². The van der Waals surface area contributed by atoms with E-state index < -0.39 is 0 Å². The molecule has 2 atom stereocenters. The Hall–Kier alpha value is 0.680. The predicted molar refractivity (Wildman–Crippen MR) is 57.5 cm³/mol. The molecular weight excluding hydrogens is 198 g/mol. The Bertz CT molecular complexity index is 131. The molecule has 0 aromatic rings. The van der Waals surface area contributed by atoms with Crippen LogP contribution in [0.1, 0.15) is 13.3 Å². The zero-order valence-corrected chi connectivity index (χ0v) is 8.96. The molecule has 11 heavy (non-hydrogen) atoms. The average molecular weight is 211 g/mol. The molecule has 0 aliphatic rings. The van der Waals surface area contributed by atoms with Crippen molar-refractivity contribution in [3.8, 4) is 0 Å².